The molecule has 1 rings (SSSR count). The minimum absolute atomic E-state index is 0.0416. The van der Waals surface area contributed by atoms with Crippen LogP contribution < -0.4 is 5.73 Å². The molecule has 1 unspecified atom stereocenters. The highest BCUT2D eigenvalue weighted by Gasteiger charge is 2.24. The van der Waals surface area contributed by atoms with Gasteiger partial charge in [-0.25, -0.2) is 0 Å². The van der Waals surface area contributed by atoms with E-state index in [1.807, 2.05) is 24.3 Å². The topological polar surface area (TPSA) is 55.5 Å². The molecule has 0 fully saturated rings. The third-order valence-corrected chi connectivity index (χ3v) is 2.79. The van der Waals surface area contributed by atoms with Crippen molar-refractivity contribution in [2.45, 2.75) is 25.3 Å². The molecule has 0 spiro atoms. The quantitative estimate of drug-likeness (QED) is 0.797. The maximum absolute atomic E-state index is 9.15. The Morgan fingerprint density at radius 3 is 2.56 bits per heavy atom. The minimum atomic E-state index is -0.327. The van der Waals surface area contributed by atoms with Crippen molar-refractivity contribution in [2.75, 3.05) is 20.3 Å². The van der Waals surface area contributed by atoms with Crippen molar-refractivity contribution in [1.29, 1.82) is 0 Å². The van der Waals surface area contributed by atoms with E-state index in [1.54, 1.807) is 7.11 Å². The van der Waals surface area contributed by atoms with E-state index in [1.165, 1.54) is 0 Å². The summed E-state index contributed by atoms with van der Waals surface area (Å²) in [5.74, 6) is 0. The van der Waals surface area contributed by atoms with Gasteiger partial charge in [-0.2, -0.15) is 0 Å². The van der Waals surface area contributed by atoms with Gasteiger partial charge in [-0.15, -0.1) is 0 Å². The number of aliphatic hydroxyl groups is 1. The van der Waals surface area contributed by atoms with Gasteiger partial charge in [0.1, 0.15) is 0 Å². The average molecular weight is 223 g/mol. The number of hydrogen-bond acceptors (Lipinski definition) is 3. The van der Waals surface area contributed by atoms with Gasteiger partial charge >= 0.3 is 0 Å². The Bertz CT molecular complexity index is 336. The van der Waals surface area contributed by atoms with Crippen LogP contribution in [0.2, 0.25) is 0 Å². The van der Waals surface area contributed by atoms with E-state index in [9.17, 15) is 0 Å². The van der Waals surface area contributed by atoms with Crippen LogP contribution in [0.5, 0.6) is 0 Å². The summed E-state index contributed by atoms with van der Waals surface area (Å²) in [6, 6.07) is 7.61. The second-order valence-corrected chi connectivity index (χ2v) is 4.69. The molecule has 0 saturated heterocycles. The normalized spacial score (nSPS) is 13.8. The van der Waals surface area contributed by atoms with Gasteiger partial charge in [-0.1, -0.05) is 38.1 Å². The van der Waals surface area contributed by atoms with E-state index in [4.69, 9.17) is 15.6 Å². The SMILES string of the molecule is COCC(C)(C)c1ccccc1C(N)CO. The highest BCUT2D eigenvalue weighted by molar-refractivity contribution is 5.35. The predicted octanol–water partition coefficient (Wildman–Crippen LogP) is 1.60. The maximum Gasteiger partial charge on any atom is 0.0624 e. The third kappa shape index (κ3) is 2.82. The lowest BCUT2D eigenvalue weighted by molar-refractivity contribution is 0.145. The molecule has 1 aromatic carbocycles. The van der Waals surface area contributed by atoms with Gasteiger partial charge in [0.05, 0.1) is 19.3 Å². The lowest BCUT2D eigenvalue weighted by Gasteiger charge is -2.28. The Morgan fingerprint density at radius 2 is 2.00 bits per heavy atom. The molecule has 16 heavy (non-hydrogen) atoms. The maximum atomic E-state index is 9.15. The first-order valence-electron chi connectivity index (χ1n) is 5.47. The fraction of sp³-hybridized carbons (Fsp3) is 0.538. The van der Waals surface area contributed by atoms with E-state index in [0.29, 0.717) is 6.61 Å². The van der Waals surface area contributed by atoms with Gasteiger partial charge < -0.3 is 15.6 Å². The molecule has 0 amide bonds. The zero-order chi connectivity index (χ0) is 12.2. The van der Waals surface area contributed by atoms with E-state index in [-0.39, 0.29) is 18.1 Å². The molecule has 3 N–H and O–H groups in total. The van der Waals surface area contributed by atoms with Crippen molar-refractivity contribution in [1.82, 2.24) is 0 Å². The largest absolute Gasteiger partial charge is 0.394 e. The van der Waals surface area contributed by atoms with Gasteiger partial charge in [0.15, 0.2) is 0 Å². The Balaban J connectivity index is 3.12. The van der Waals surface area contributed by atoms with Crippen molar-refractivity contribution in [2.24, 2.45) is 5.73 Å². The van der Waals surface area contributed by atoms with Gasteiger partial charge in [0.25, 0.3) is 0 Å². The fourth-order valence-electron chi connectivity index (χ4n) is 1.97. The number of rotatable bonds is 5. The van der Waals surface area contributed by atoms with E-state index in [0.717, 1.165) is 11.1 Å². The molecule has 0 saturated carbocycles. The van der Waals surface area contributed by atoms with Crippen molar-refractivity contribution < 1.29 is 9.84 Å². The summed E-state index contributed by atoms with van der Waals surface area (Å²) in [5.41, 5.74) is 7.93. The summed E-state index contributed by atoms with van der Waals surface area (Å²) in [6.07, 6.45) is 0. The fourth-order valence-corrected chi connectivity index (χ4v) is 1.97. The van der Waals surface area contributed by atoms with E-state index >= 15 is 0 Å². The molecule has 90 valence electrons. The zero-order valence-electron chi connectivity index (χ0n) is 10.2. The summed E-state index contributed by atoms with van der Waals surface area (Å²) < 4.78 is 5.23. The molecule has 1 atom stereocenters. The number of aliphatic hydroxyl groups excluding tert-OH is 1. The van der Waals surface area contributed by atoms with Crippen molar-refractivity contribution in [3.05, 3.63) is 35.4 Å². The molecular formula is C13H21NO2. The van der Waals surface area contributed by atoms with Gasteiger partial charge in [-0.05, 0) is 11.1 Å². The average Bonchev–Trinajstić information content (AvgIpc) is 2.28. The van der Waals surface area contributed by atoms with Crippen LogP contribution in [0.15, 0.2) is 24.3 Å². The first-order valence-corrected chi connectivity index (χ1v) is 5.47. The highest BCUT2D eigenvalue weighted by atomic mass is 16.5. The molecule has 0 aliphatic rings. The number of nitrogens with two attached hydrogens (primary N) is 1. The van der Waals surface area contributed by atoms with Crippen LogP contribution in [-0.2, 0) is 10.2 Å². The number of hydrogen-bond donors (Lipinski definition) is 2. The molecule has 0 heterocycles. The molecular weight excluding hydrogens is 202 g/mol. The standard InChI is InChI=1S/C13H21NO2/c1-13(2,9-16-3)11-7-5-4-6-10(11)12(14)8-15/h4-7,12,15H,8-9,14H2,1-3H3. The molecule has 3 nitrogen and oxygen atoms in total. The monoisotopic (exact) mass is 223 g/mol. The lowest BCUT2D eigenvalue weighted by atomic mass is 9.81. The zero-order valence-corrected chi connectivity index (χ0v) is 10.2. The summed E-state index contributed by atoms with van der Waals surface area (Å²) in [6.45, 7) is 4.81. The first-order chi connectivity index (χ1) is 7.53. The number of ether oxygens (including phenoxy) is 1. The molecule has 0 aromatic heterocycles. The first kappa shape index (κ1) is 13.2. The number of methoxy groups -OCH3 is 1. The molecule has 1 aromatic rings. The van der Waals surface area contributed by atoms with E-state index in [2.05, 4.69) is 13.8 Å². The van der Waals surface area contributed by atoms with Crippen molar-refractivity contribution in [3.8, 4) is 0 Å². The molecule has 0 radical (unpaired) electrons. The van der Waals surface area contributed by atoms with Crippen molar-refractivity contribution >= 4 is 0 Å². The van der Waals surface area contributed by atoms with Crippen LogP contribution in [0.3, 0.4) is 0 Å². The summed E-state index contributed by atoms with van der Waals surface area (Å²) in [7, 11) is 1.69. The van der Waals surface area contributed by atoms with Crippen LogP contribution in [0.1, 0.15) is 31.0 Å². The molecule has 0 bridgehead atoms. The van der Waals surface area contributed by atoms with Crippen LogP contribution in [0, 0.1) is 0 Å². The minimum Gasteiger partial charge on any atom is -0.394 e. The second-order valence-electron chi connectivity index (χ2n) is 4.69. The van der Waals surface area contributed by atoms with Crippen LogP contribution in [-0.4, -0.2) is 25.4 Å². The van der Waals surface area contributed by atoms with Gasteiger partial charge in [-0.3, -0.25) is 0 Å². The Hall–Kier alpha value is -0.900. The number of benzene rings is 1. The van der Waals surface area contributed by atoms with Crippen molar-refractivity contribution in [3.63, 3.8) is 0 Å². The Kier molecular flexibility index (Phi) is 4.47. The Labute approximate surface area is 97.2 Å². The van der Waals surface area contributed by atoms with Gasteiger partial charge in [0, 0.05) is 12.5 Å². The van der Waals surface area contributed by atoms with Crippen LogP contribution in [0.4, 0.5) is 0 Å². The molecule has 0 aliphatic carbocycles. The van der Waals surface area contributed by atoms with Crippen LogP contribution >= 0.6 is 0 Å². The predicted molar refractivity (Wildman–Crippen MR) is 65.4 cm³/mol. The smallest absolute Gasteiger partial charge is 0.0624 e. The summed E-state index contributed by atoms with van der Waals surface area (Å²) in [4.78, 5) is 0. The third-order valence-electron chi connectivity index (χ3n) is 2.79. The summed E-state index contributed by atoms with van der Waals surface area (Å²) in [5, 5.41) is 9.15. The van der Waals surface area contributed by atoms with Crippen LogP contribution in [0.25, 0.3) is 0 Å². The van der Waals surface area contributed by atoms with E-state index < -0.39 is 0 Å². The highest BCUT2D eigenvalue weighted by Crippen LogP contribution is 2.29. The second kappa shape index (κ2) is 5.43. The lowest BCUT2D eigenvalue weighted by Crippen LogP contribution is -2.28. The molecule has 3 heteroatoms. The molecule has 0 aliphatic heterocycles. The summed E-state index contributed by atoms with van der Waals surface area (Å²) >= 11 is 0. The Morgan fingerprint density at radius 1 is 1.38 bits per heavy atom. The van der Waals surface area contributed by atoms with Gasteiger partial charge in [0.2, 0.25) is 0 Å².